The molecule has 0 unspecified atom stereocenters. The van der Waals surface area contributed by atoms with E-state index < -0.39 is 18.2 Å². The van der Waals surface area contributed by atoms with Gasteiger partial charge in [0.05, 0.1) is 5.71 Å². The number of carboxylic acids is 1. The summed E-state index contributed by atoms with van der Waals surface area (Å²) in [6.07, 6.45) is 9.49. The summed E-state index contributed by atoms with van der Waals surface area (Å²) >= 11 is 0. The third-order valence-electron chi connectivity index (χ3n) is 8.61. The SMILES string of the molecule is CC(=O)O[C@]1(C(C)=O)CC[C@H]2[C@@H]3C=C(C)C4=C/C(=N/OCC(=O)O)CC[C@@H]4[C@H]3CC[C@@]21C. The second-order valence-corrected chi connectivity index (χ2v) is 10.2. The van der Waals surface area contributed by atoms with Crippen LogP contribution in [0.2, 0.25) is 0 Å². The number of carboxylic acid groups (broad SMARTS) is 1. The average molecular weight is 444 g/mol. The Kier molecular flexibility index (Phi) is 5.80. The van der Waals surface area contributed by atoms with E-state index in [4.69, 9.17) is 14.7 Å². The number of nitrogens with zero attached hydrogens (tertiary/aromatic N) is 1. The number of fused-ring (bicyclic) bond motifs is 5. The molecular weight excluding hydrogens is 410 g/mol. The van der Waals surface area contributed by atoms with Gasteiger partial charge in [0.2, 0.25) is 6.61 Å². The third-order valence-corrected chi connectivity index (χ3v) is 8.61. The van der Waals surface area contributed by atoms with Gasteiger partial charge in [-0.3, -0.25) is 9.59 Å². The molecule has 0 aromatic heterocycles. The number of carbonyl (C=O) groups is 3. The van der Waals surface area contributed by atoms with Crippen LogP contribution in [0.4, 0.5) is 0 Å². The van der Waals surface area contributed by atoms with E-state index >= 15 is 0 Å². The number of aliphatic carboxylic acids is 1. The first-order valence-electron chi connectivity index (χ1n) is 11.6. The largest absolute Gasteiger partial charge is 0.479 e. The molecule has 0 bridgehead atoms. The lowest BCUT2D eigenvalue weighted by molar-refractivity contribution is -0.184. The molecular formula is C25H33NO6. The maximum Gasteiger partial charge on any atom is 0.344 e. The van der Waals surface area contributed by atoms with E-state index in [-0.39, 0.29) is 17.2 Å². The predicted molar refractivity (Wildman–Crippen MR) is 118 cm³/mol. The Hall–Kier alpha value is -2.44. The van der Waals surface area contributed by atoms with Crippen LogP contribution >= 0.6 is 0 Å². The fraction of sp³-hybridized carbons (Fsp3) is 0.680. The van der Waals surface area contributed by atoms with Crippen molar-refractivity contribution in [1.29, 1.82) is 0 Å². The molecule has 7 heteroatoms. The van der Waals surface area contributed by atoms with Gasteiger partial charge in [0.1, 0.15) is 0 Å². The molecule has 4 rings (SSSR count). The van der Waals surface area contributed by atoms with Crippen molar-refractivity contribution in [3.05, 3.63) is 23.3 Å². The molecule has 2 fully saturated rings. The van der Waals surface area contributed by atoms with Crippen molar-refractivity contribution in [3.63, 3.8) is 0 Å². The van der Waals surface area contributed by atoms with E-state index in [9.17, 15) is 14.4 Å². The fourth-order valence-electron chi connectivity index (χ4n) is 7.29. The number of esters is 1. The number of hydrogen-bond donors (Lipinski definition) is 1. The molecule has 0 heterocycles. The van der Waals surface area contributed by atoms with Gasteiger partial charge in [0.25, 0.3) is 0 Å². The number of carbonyl (C=O) groups excluding carboxylic acids is 2. The number of oxime groups is 1. The molecule has 7 nitrogen and oxygen atoms in total. The van der Waals surface area contributed by atoms with Crippen LogP contribution in [0.3, 0.4) is 0 Å². The highest BCUT2D eigenvalue weighted by Gasteiger charge is 2.66. The molecule has 4 aliphatic carbocycles. The van der Waals surface area contributed by atoms with Crippen molar-refractivity contribution in [2.45, 2.75) is 71.8 Å². The Morgan fingerprint density at radius 2 is 1.94 bits per heavy atom. The van der Waals surface area contributed by atoms with Gasteiger partial charge < -0.3 is 14.7 Å². The van der Waals surface area contributed by atoms with Crippen molar-refractivity contribution >= 4 is 23.4 Å². The van der Waals surface area contributed by atoms with Gasteiger partial charge >= 0.3 is 11.9 Å². The van der Waals surface area contributed by atoms with Crippen molar-refractivity contribution < 1.29 is 29.1 Å². The van der Waals surface area contributed by atoms with Gasteiger partial charge in [0.15, 0.2) is 11.4 Å². The number of Topliss-reactive ketones (excluding diaryl/α,β-unsaturated/α-hetero) is 1. The Bertz CT molecular complexity index is 933. The van der Waals surface area contributed by atoms with Crippen LogP contribution in [0.5, 0.6) is 0 Å². The summed E-state index contributed by atoms with van der Waals surface area (Å²) in [7, 11) is 0. The van der Waals surface area contributed by atoms with Crippen LogP contribution in [0, 0.1) is 29.1 Å². The fourth-order valence-corrected chi connectivity index (χ4v) is 7.29. The number of ether oxygens (including phenoxy) is 1. The molecule has 0 aliphatic heterocycles. The summed E-state index contributed by atoms with van der Waals surface area (Å²) in [4.78, 5) is 40.4. The third kappa shape index (κ3) is 3.50. The van der Waals surface area contributed by atoms with Gasteiger partial charge in [-0.2, -0.15) is 0 Å². The van der Waals surface area contributed by atoms with Crippen molar-refractivity contribution in [2.24, 2.45) is 34.2 Å². The normalized spacial score (nSPS) is 39.2. The lowest BCUT2D eigenvalue weighted by Gasteiger charge is -2.54. The van der Waals surface area contributed by atoms with E-state index in [2.05, 4.69) is 31.2 Å². The summed E-state index contributed by atoms with van der Waals surface area (Å²) < 4.78 is 5.82. The van der Waals surface area contributed by atoms with Crippen LogP contribution in [-0.4, -0.2) is 40.7 Å². The number of ketones is 1. The number of allylic oxidation sites excluding steroid dienone is 4. The summed E-state index contributed by atoms with van der Waals surface area (Å²) in [6.45, 7) is 6.82. The molecule has 0 saturated heterocycles. The van der Waals surface area contributed by atoms with Crippen LogP contribution in [0.25, 0.3) is 0 Å². The second-order valence-electron chi connectivity index (χ2n) is 10.2. The maximum atomic E-state index is 12.8. The molecule has 4 aliphatic rings. The zero-order valence-electron chi connectivity index (χ0n) is 19.3. The van der Waals surface area contributed by atoms with E-state index in [0.29, 0.717) is 30.1 Å². The molecule has 0 radical (unpaired) electrons. The second kappa shape index (κ2) is 8.16. The van der Waals surface area contributed by atoms with Crippen LogP contribution in [-0.2, 0) is 24.0 Å². The number of rotatable bonds is 5. The number of hydrogen-bond acceptors (Lipinski definition) is 6. The topological polar surface area (TPSA) is 102 Å². The van der Waals surface area contributed by atoms with Gasteiger partial charge in [-0.25, -0.2) is 4.79 Å². The van der Waals surface area contributed by atoms with E-state index in [1.807, 2.05) is 0 Å². The minimum absolute atomic E-state index is 0.0341. The molecule has 0 amide bonds. The zero-order chi connectivity index (χ0) is 23.3. The first kappa shape index (κ1) is 22.7. The van der Waals surface area contributed by atoms with Crippen LogP contribution in [0.1, 0.15) is 66.2 Å². The lowest BCUT2D eigenvalue weighted by Crippen LogP contribution is -2.57. The molecule has 0 aromatic rings. The minimum atomic E-state index is -1.04. The van der Waals surface area contributed by atoms with Crippen molar-refractivity contribution in [3.8, 4) is 0 Å². The zero-order valence-corrected chi connectivity index (χ0v) is 19.3. The van der Waals surface area contributed by atoms with Crippen LogP contribution < -0.4 is 0 Å². The van der Waals surface area contributed by atoms with E-state index in [1.54, 1.807) is 6.92 Å². The molecule has 1 N–H and O–H groups in total. The van der Waals surface area contributed by atoms with Gasteiger partial charge in [0, 0.05) is 12.3 Å². The first-order chi connectivity index (χ1) is 15.1. The molecule has 174 valence electrons. The van der Waals surface area contributed by atoms with Gasteiger partial charge in [-0.1, -0.05) is 23.7 Å². The summed E-state index contributed by atoms with van der Waals surface area (Å²) in [5.41, 5.74) is 1.92. The summed E-state index contributed by atoms with van der Waals surface area (Å²) in [5.74, 6) is 0.120. The Morgan fingerprint density at radius 3 is 2.59 bits per heavy atom. The van der Waals surface area contributed by atoms with Crippen LogP contribution in [0.15, 0.2) is 28.5 Å². The first-order valence-corrected chi connectivity index (χ1v) is 11.6. The van der Waals surface area contributed by atoms with Crippen molar-refractivity contribution in [2.75, 3.05) is 6.61 Å². The highest BCUT2D eigenvalue weighted by atomic mass is 16.6. The van der Waals surface area contributed by atoms with Gasteiger partial charge in [-0.15, -0.1) is 0 Å². The van der Waals surface area contributed by atoms with E-state index in [0.717, 1.165) is 37.8 Å². The maximum absolute atomic E-state index is 12.8. The Balaban J connectivity index is 1.64. The predicted octanol–water partition coefficient (Wildman–Crippen LogP) is 4.07. The molecule has 0 aromatic carbocycles. The molecule has 2 saturated carbocycles. The summed E-state index contributed by atoms with van der Waals surface area (Å²) in [6, 6.07) is 0. The highest BCUT2D eigenvalue weighted by Crippen LogP contribution is 2.65. The Morgan fingerprint density at radius 1 is 1.19 bits per heavy atom. The molecule has 32 heavy (non-hydrogen) atoms. The molecule has 0 spiro atoms. The Labute approximate surface area is 188 Å². The lowest BCUT2D eigenvalue weighted by atomic mass is 9.51. The standard InChI is InChI=1S/C25H33NO6/c1-14-11-21-19(18-6-5-17(12-20(14)18)26-31-13-23(29)30)7-9-24(4)22(21)8-10-25(24,15(2)27)32-16(3)28/h11-12,18-19,21-22H,5-10,13H2,1-4H3,(H,29,30)/b26-17+/t18-,19-,21-,22+,24+,25+/m1/s1. The van der Waals surface area contributed by atoms with Gasteiger partial charge in [-0.05, 0) is 87.7 Å². The quantitative estimate of drug-likeness (QED) is 0.508. The average Bonchev–Trinajstić information content (AvgIpc) is 3.01. The van der Waals surface area contributed by atoms with Crippen molar-refractivity contribution in [1.82, 2.24) is 0 Å². The smallest absolute Gasteiger partial charge is 0.344 e. The monoisotopic (exact) mass is 443 g/mol. The summed E-state index contributed by atoms with van der Waals surface area (Å²) in [5, 5.41) is 12.8. The highest BCUT2D eigenvalue weighted by molar-refractivity contribution is 5.97. The molecule has 6 atom stereocenters. The van der Waals surface area contributed by atoms with E-state index in [1.165, 1.54) is 18.1 Å². The minimum Gasteiger partial charge on any atom is -0.479 e.